The number of amides is 1. The van der Waals surface area contributed by atoms with Crippen molar-refractivity contribution in [3.05, 3.63) is 74.9 Å². The van der Waals surface area contributed by atoms with Crippen LogP contribution >= 0.6 is 11.3 Å². The lowest BCUT2D eigenvalue weighted by molar-refractivity contribution is 0.101. The first-order valence-electron chi connectivity index (χ1n) is 9.14. The third-order valence-electron chi connectivity index (χ3n) is 5.05. The van der Waals surface area contributed by atoms with Crippen LogP contribution in [0.2, 0.25) is 0 Å². The topological polar surface area (TPSA) is 72.2 Å². The average molecular weight is 423 g/mol. The highest BCUT2D eigenvalue weighted by Crippen LogP contribution is 2.29. The number of halogens is 2. The zero-order valence-electron chi connectivity index (χ0n) is 16.0. The normalized spacial score (nSPS) is 12.9. The van der Waals surface area contributed by atoms with Gasteiger partial charge in [0.1, 0.15) is 17.2 Å². The van der Waals surface area contributed by atoms with Crippen molar-refractivity contribution in [1.82, 2.24) is 14.8 Å². The first-order chi connectivity index (χ1) is 14.4. The fourth-order valence-electron chi connectivity index (χ4n) is 3.56. The van der Waals surface area contributed by atoms with Gasteiger partial charge in [-0.15, -0.1) is 11.3 Å². The molecule has 0 saturated carbocycles. The standard InChI is InChI=1S/C21H15F2N5OS/c1-10-24-9-17(30-10)20-13-5-12(4-3-11(13)7-25-20)27-21(29)18-15(22)6-16-14(19(18)23)8-26-28(16)2/h3-6,8-9H,7H2,1-2H3,(H,27,29). The minimum atomic E-state index is -0.940. The van der Waals surface area contributed by atoms with E-state index in [9.17, 15) is 13.6 Å². The molecule has 9 heteroatoms. The second-order valence-electron chi connectivity index (χ2n) is 6.98. The Kier molecular flexibility index (Phi) is 4.21. The van der Waals surface area contributed by atoms with Crippen LogP contribution in [0.5, 0.6) is 0 Å². The maximum Gasteiger partial charge on any atom is 0.261 e. The SMILES string of the molecule is Cc1ncc(C2=NCc3ccc(NC(=O)c4c(F)cc5c(cnn5C)c4F)cc32)s1. The van der Waals surface area contributed by atoms with Crippen LogP contribution < -0.4 is 5.32 Å². The zero-order chi connectivity index (χ0) is 21.0. The van der Waals surface area contributed by atoms with Crippen molar-refractivity contribution in [2.45, 2.75) is 13.5 Å². The van der Waals surface area contributed by atoms with Gasteiger partial charge in [-0.1, -0.05) is 6.07 Å². The minimum Gasteiger partial charge on any atom is -0.322 e. The molecule has 1 N–H and O–H groups in total. The van der Waals surface area contributed by atoms with E-state index in [1.165, 1.54) is 22.2 Å². The van der Waals surface area contributed by atoms with Gasteiger partial charge >= 0.3 is 0 Å². The van der Waals surface area contributed by atoms with E-state index in [4.69, 9.17) is 0 Å². The van der Waals surface area contributed by atoms with Crippen molar-refractivity contribution < 1.29 is 13.6 Å². The Morgan fingerprint density at radius 1 is 1.23 bits per heavy atom. The number of rotatable bonds is 3. The predicted molar refractivity (Wildman–Crippen MR) is 111 cm³/mol. The lowest BCUT2D eigenvalue weighted by atomic mass is 10.0. The van der Waals surface area contributed by atoms with Crippen LogP contribution in [-0.4, -0.2) is 26.4 Å². The highest BCUT2D eigenvalue weighted by molar-refractivity contribution is 7.13. The number of benzene rings is 2. The highest BCUT2D eigenvalue weighted by Gasteiger charge is 2.24. The molecule has 3 heterocycles. The van der Waals surface area contributed by atoms with E-state index in [-0.39, 0.29) is 10.9 Å². The van der Waals surface area contributed by atoms with Gasteiger partial charge in [-0.2, -0.15) is 5.10 Å². The maximum absolute atomic E-state index is 14.8. The Balaban J connectivity index is 1.48. The summed E-state index contributed by atoms with van der Waals surface area (Å²) < 4.78 is 30.7. The zero-order valence-corrected chi connectivity index (χ0v) is 16.8. The number of aromatic nitrogens is 3. The Labute approximate surface area is 173 Å². The van der Waals surface area contributed by atoms with E-state index in [2.05, 4.69) is 20.4 Å². The number of hydrogen-bond acceptors (Lipinski definition) is 5. The summed E-state index contributed by atoms with van der Waals surface area (Å²) in [5.41, 5.74) is 2.77. The predicted octanol–water partition coefficient (Wildman–Crippen LogP) is 4.22. The molecule has 30 heavy (non-hydrogen) atoms. The number of fused-ring (bicyclic) bond motifs is 2. The van der Waals surface area contributed by atoms with Crippen molar-refractivity contribution in [2.75, 3.05) is 5.32 Å². The van der Waals surface area contributed by atoms with E-state index in [1.54, 1.807) is 25.4 Å². The smallest absolute Gasteiger partial charge is 0.261 e. The molecule has 0 unspecified atom stereocenters. The van der Waals surface area contributed by atoms with E-state index in [0.717, 1.165) is 32.8 Å². The van der Waals surface area contributed by atoms with Crippen LogP contribution in [0, 0.1) is 18.6 Å². The molecule has 0 atom stereocenters. The van der Waals surface area contributed by atoms with Gasteiger partial charge < -0.3 is 5.32 Å². The summed E-state index contributed by atoms with van der Waals surface area (Å²) in [4.78, 5) is 22.5. The summed E-state index contributed by atoms with van der Waals surface area (Å²) in [7, 11) is 1.58. The second-order valence-corrected chi connectivity index (χ2v) is 8.22. The summed E-state index contributed by atoms with van der Waals surface area (Å²) >= 11 is 1.54. The molecule has 1 amide bonds. The molecule has 1 aliphatic rings. The van der Waals surface area contributed by atoms with E-state index in [1.807, 2.05) is 13.0 Å². The summed E-state index contributed by atoms with van der Waals surface area (Å²) in [5.74, 6) is -2.73. The number of nitrogens with one attached hydrogen (secondary N) is 1. The number of anilines is 1. The van der Waals surface area contributed by atoms with Gasteiger partial charge in [0.25, 0.3) is 5.91 Å². The molecule has 6 nitrogen and oxygen atoms in total. The molecule has 0 radical (unpaired) electrons. The second kappa shape index (κ2) is 6.81. The molecule has 2 aromatic heterocycles. The lowest BCUT2D eigenvalue weighted by Crippen LogP contribution is -2.16. The molecule has 150 valence electrons. The molecular formula is C21H15F2N5OS. The lowest BCUT2D eigenvalue weighted by Gasteiger charge is -2.10. The van der Waals surface area contributed by atoms with Gasteiger partial charge in [0.2, 0.25) is 0 Å². The molecule has 0 bridgehead atoms. The molecule has 0 fully saturated rings. The number of carbonyl (C=O) groups excluding carboxylic acids is 1. The largest absolute Gasteiger partial charge is 0.322 e. The van der Waals surface area contributed by atoms with Crippen molar-refractivity contribution in [3.63, 3.8) is 0 Å². The molecular weight excluding hydrogens is 408 g/mol. The third kappa shape index (κ3) is 2.89. The molecule has 5 rings (SSSR count). The van der Waals surface area contributed by atoms with E-state index in [0.29, 0.717) is 12.2 Å². The number of aliphatic imine (C=N–C) groups is 1. The fraction of sp³-hybridized carbons (Fsp3) is 0.143. The van der Waals surface area contributed by atoms with Crippen LogP contribution in [0.1, 0.15) is 31.4 Å². The van der Waals surface area contributed by atoms with Crippen LogP contribution in [0.25, 0.3) is 10.9 Å². The Hall–Kier alpha value is -3.46. The van der Waals surface area contributed by atoms with Crippen LogP contribution in [0.4, 0.5) is 14.5 Å². The van der Waals surface area contributed by atoms with Gasteiger partial charge in [-0.3, -0.25) is 14.5 Å². The van der Waals surface area contributed by atoms with Gasteiger partial charge in [-0.25, -0.2) is 13.8 Å². The number of hydrogen-bond donors (Lipinski definition) is 1. The highest BCUT2D eigenvalue weighted by atomic mass is 32.1. The monoisotopic (exact) mass is 423 g/mol. The summed E-state index contributed by atoms with van der Waals surface area (Å²) in [6.45, 7) is 2.46. The summed E-state index contributed by atoms with van der Waals surface area (Å²) in [6, 6.07) is 6.43. The minimum absolute atomic E-state index is 0.0907. The summed E-state index contributed by atoms with van der Waals surface area (Å²) in [5, 5.41) is 7.55. The van der Waals surface area contributed by atoms with Gasteiger partial charge in [0, 0.05) is 30.6 Å². The van der Waals surface area contributed by atoms with Crippen molar-refractivity contribution in [1.29, 1.82) is 0 Å². The van der Waals surface area contributed by atoms with Crippen molar-refractivity contribution >= 4 is 39.5 Å². The maximum atomic E-state index is 14.8. The first-order valence-corrected chi connectivity index (χ1v) is 9.95. The van der Waals surface area contributed by atoms with Gasteiger partial charge in [-0.05, 0) is 24.6 Å². The number of nitrogens with zero attached hydrogens (tertiary/aromatic N) is 4. The quantitative estimate of drug-likeness (QED) is 0.536. The fourth-order valence-corrected chi connectivity index (χ4v) is 4.36. The van der Waals surface area contributed by atoms with Gasteiger partial charge in [0.05, 0.1) is 39.2 Å². The molecule has 0 spiro atoms. The Morgan fingerprint density at radius 2 is 2.07 bits per heavy atom. The first kappa shape index (κ1) is 18.6. The number of carbonyl (C=O) groups is 1. The van der Waals surface area contributed by atoms with Crippen LogP contribution in [0.15, 0.2) is 41.7 Å². The third-order valence-corrected chi connectivity index (χ3v) is 5.97. The van der Waals surface area contributed by atoms with Crippen LogP contribution in [0.3, 0.4) is 0 Å². The number of aryl methyl sites for hydroxylation is 2. The molecule has 0 aliphatic carbocycles. The average Bonchev–Trinajstić information content (AvgIpc) is 3.41. The van der Waals surface area contributed by atoms with Gasteiger partial charge in [0.15, 0.2) is 0 Å². The Bertz CT molecular complexity index is 1370. The van der Waals surface area contributed by atoms with Crippen LogP contribution in [-0.2, 0) is 13.6 Å². The van der Waals surface area contributed by atoms with Crippen molar-refractivity contribution in [2.24, 2.45) is 12.0 Å². The number of thiazole rings is 1. The van der Waals surface area contributed by atoms with Crippen molar-refractivity contribution in [3.8, 4) is 0 Å². The van der Waals surface area contributed by atoms with E-state index >= 15 is 0 Å². The summed E-state index contributed by atoms with van der Waals surface area (Å²) in [6.07, 6.45) is 3.04. The Morgan fingerprint density at radius 3 is 2.83 bits per heavy atom. The molecule has 4 aromatic rings. The van der Waals surface area contributed by atoms with E-state index < -0.39 is 23.1 Å². The molecule has 1 aliphatic heterocycles. The molecule has 2 aromatic carbocycles. The molecule has 0 saturated heterocycles.